The molecule has 4 rings (SSSR count). The minimum atomic E-state index is 0.196. The first-order chi connectivity index (χ1) is 11.2. The predicted molar refractivity (Wildman–Crippen MR) is 90.8 cm³/mol. The van der Waals surface area contributed by atoms with Crippen molar-refractivity contribution in [2.75, 3.05) is 6.54 Å². The molecule has 0 amide bonds. The van der Waals surface area contributed by atoms with Crippen LogP contribution in [0.25, 0.3) is 16.9 Å². The molecule has 0 aliphatic carbocycles. The summed E-state index contributed by atoms with van der Waals surface area (Å²) in [6, 6.07) is 9.41. The van der Waals surface area contributed by atoms with Gasteiger partial charge in [-0.2, -0.15) is 9.61 Å². The van der Waals surface area contributed by atoms with Gasteiger partial charge >= 0.3 is 0 Å². The maximum Gasteiger partial charge on any atom is 0.178 e. The highest BCUT2D eigenvalue weighted by Gasteiger charge is 2.21. The highest BCUT2D eigenvalue weighted by Crippen LogP contribution is 2.29. The quantitative estimate of drug-likeness (QED) is 0.763. The molecule has 3 aromatic rings. The third-order valence-electron chi connectivity index (χ3n) is 4.12. The van der Waals surface area contributed by atoms with Crippen LogP contribution in [0.15, 0.2) is 30.3 Å². The SMILES string of the molecule is Clc1ccc(-c2ccc3nnc(C4CCCCN4)n3n2)c(Cl)c1. The molecule has 0 spiro atoms. The van der Waals surface area contributed by atoms with E-state index in [1.807, 2.05) is 28.8 Å². The number of nitrogens with one attached hydrogen (secondary N) is 1. The van der Waals surface area contributed by atoms with E-state index in [2.05, 4.69) is 15.5 Å². The number of piperidine rings is 1. The Kier molecular flexibility index (Phi) is 3.93. The first-order valence-electron chi connectivity index (χ1n) is 7.63. The van der Waals surface area contributed by atoms with Crippen LogP contribution in [-0.4, -0.2) is 26.4 Å². The van der Waals surface area contributed by atoms with E-state index < -0.39 is 0 Å². The Morgan fingerprint density at radius 3 is 2.78 bits per heavy atom. The average molecular weight is 348 g/mol. The molecule has 0 bridgehead atoms. The summed E-state index contributed by atoms with van der Waals surface area (Å²) in [5.74, 6) is 0.853. The molecule has 1 saturated heterocycles. The Morgan fingerprint density at radius 2 is 2.00 bits per heavy atom. The van der Waals surface area contributed by atoms with Crippen molar-refractivity contribution in [2.45, 2.75) is 25.3 Å². The lowest BCUT2D eigenvalue weighted by atomic mass is 10.0. The van der Waals surface area contributed by atoms with Gasteiger partial charge in [0, 0.05) is 10.6 Å². The molecule has 1 aliphatic rings. The molecule has 1 atom stereocenters. The molecule has 7 heteroatoms. The van der Waals surface area contributed by atoms with Gasteiger partial charge in [-0.05, 0) is 49.7 Å². The molecule has 0 saturated carbocycles. The zero-order chi connectivity index (χ0) is 15.8. The Balaban J connectivity index is 1.80. The molecule has 1 aromatic carbocycles. The lowest BCUT2D eigenvalue weighted by Crippen LogP contribution is -2.28. The molecule has 0 radical (unpaired) electrons. The molecule has 5 nitrogen and oxygen atoms in total. The van der Waals surface area contributed by atoms with E-state index in [1.54, 1.807) is 6.07 Å². The Hall–Kier alpha value is -1.69. The number of benzene rings is 1. The number of rotatable bonds is 2. The van der Waals surface area contributed by atoms with Gasteiger partial charge in [-0.3, -0.25) is 0 Å². The smallest absolute Gasteiger partial charge is 0.178 e. The molecule has 3 heterocycles. The molecule has 1 unspecified atom stereocenters. The van der Waals surface area contributed by atoms with Crippen LogP contribution < -0.4 is 5.32 Å². The summed E-state index contributed by atoms with van der Waals surface area (Å²) in [5, 5.41) is 17.9. The van der Waals surface area contributed by atoms with Crippen LogP contribution in [-0.2, 0) is 0 Å². The van der Waals surface area contributed by atoms with Crippen LogP contribution in [0, 0.1) is 0 Å². The Labute approximate surface area is 143 Å². The second-order valence-electron chi connectivity index (χ2n) is 5.67. The molecule has 1 aliphatic heterocycles. The first kappa shape index (κ1) is 14.9. The number of hydrogen-bond acceptors (Lipinski definition) is 4. The van der Waals surface area contributed by atoms with Gasteiger partial charge < -0.3 is 5.32 Å². The number of hydrogen-bond donors (Lipinski definition) is 1. The molecular weight excluding hydrogens is 333 g/mol. The Morgan fingerprint density at radius 1 is 1.09 bits per heavy atom. The van der Waals surface area contributed by atoms with Gasteiger partial charge in [0.25, 0.3) is 0 Å². The van der Waals surface area contributed by atoms with Gasteiger partial charge in [0.05, 0.1) is 16.8 Å². The highest BCUT2D eigenvalue weighted by molar-refractivity contribution is 6.36. The summed E-state index contributed by atoms with van der Waals surface area (Å²) >= 11 is 12.3. The molecule has 2 aromatic heterocycles. The second-order valence-corrected chi connectivity index (χ2v) is 6.52. The van der Waals surface area contributed by atoms with Gasteiger partial charge in [0.2, 0.25) is 0 Å². The summed E-state index contributed by atoms with van der Waals surface area (Å²) in [5.41, 5.74) is 2.35. The van der Waals surface area contributed by atoms with E-state index >= 15 is 0 Å². The second kappa shape index (κ2) is 6.07. The maximum atomic E-state index is 6.30. The molecule has 1 fully saturated rings. The summed E-state index contributed by atoms with van der Waals surface area (Å²) < 4.78 is 1.81. The summed E-state index contributed by atoms with van der Waals surface area (Å²) in [6.07, 6.45) is 3.44. The predicted octanol–water partition coefficient (Wildman–Crippen LogP) is 3.91. The molecule has 1 N–H and O–H groups in total. The summed E-state index contributed by atoms with van der Waals surface area (Å²) in [4.78, 5) is 0. The fourth-order valence-electron chi connectivity index (χ4n) is 2.94. The van der Waals surface area contributed by atoms with E-state index in [-0.39, 0.29) is 6.04 Å². The van der Waals surface area contributed by atoms with Crippen LogP contribution in [0.3, 0.4) is 0 Å². The van der Waals surface area contributed by atoms with Gasteiger partial charge in [-0.15, -0.1) is 10.2 Å². The zero-order valence-electron chi connectivity index (χ0n) is 12.3. The lowest BCUT2D eigenvalue weighted by Gasteiger charge is -2.21. The molecular formula is C16H15Cl2N5. The minimum absolute atomic E-state index is 0.196. The van der Waals surface area contributed by atoms with Gasteiger partial charge in [0.15, 0.2) is 11.5 Å². The number of halogens is 2. The first-order valence-corrected chi connectivity index (χ1v) is 8.39. The van der Waals surface area contributed by atoms with Crippen LogP contribution in [0.4, 0.5) is 0 Å². The monoisotopic (exact) mass is 347 g/mol. The standard InChI is InChI=1S/C16H15Cl2N5/c17-10-4-5-11(12(18)9-10)13-6-7-15-20-21-16(23(15)22-13)14-3-1-2-8-19-14/h4-7,9,14,19H,1-3,8H2. The third-order valence-corrected chi connectivity index (χ3v) is 4.66. The van der Waals surface area contributed by atoms with Crippen molar-refractivity contribution in [3.05, 3.63) is 46.2 Å². The van der Waals surface area contributed by atoms with E-state index in [1.165, 1.54) is 12.8 Å². The largest absolute Gasteiger partial charge is 0.307 e. The van der Waals surface area contributed by atoms with Crippen molar-refractivity contribution in [1.82, 2.24) is 25.1 Å². The minimum Gasteiger partial charge on any atom is -0.307 e. The molecule has 23 heavy (non-hydrogen) atoms. The van der Waals surface area contributed by atoms with E-state index in [9.17, 15) is 0 Å². The lowest BCUT2D eigenvalue weighted by molar-refractivity contribution is 0.392. The van der Waals surface area contributed by atoms with Crippen molar-refractivity contribution in [3.8, 4) is 11.3 Å². The fraction of sp³-hybridized carbons (Fsp3) is 0.312. The highest BCUT2D eigenvalue weighted by atomic mass is 35.5. The van der Waals surface area contributed by atoms with Crippen LogP contribution in [0.1, 0.15) is 31.1 Å². The molecule has 118 valence electrons. The topological polar surface area (TPSA) is 55.1 Å². The van der Waals surface area contributed by atoms with Crippen LogP contribution in [0.2, 0.25) is 10.0 Å². The fourth-order valence-corrected chi connectivity index (χ4v) is 3.44. The van der Waals surface area contributed by atoms with Crippen molar-refractivity contribution in [3.63, 3.8) is 0 Å². The van der Waals surface area contributed by atoms with Crippen molar-refractivity contribution in [2.24, 2.45) is 0 Å². The number of nitrogens with zero attached hydrogens (tertiary/aromatic N) is 4. The average Bonchev–Trinajstić information content (AvgIpc) is 2.99. The zero-order valence-corrected chi connectivity index (χ0v) is 13.8. The van der Waals surface area contributed by atoms with Crippen molar-refractivity contribution in [1.29, 1.82) is 0 Å². The summed E-state index contributed by atoms with van der Waals surface area (Å²) in [6.45, 7) is 1.00. The van der Waals surface area contributed by atoms with E-state index in [4.69, 9.17) is 28.3 Å². The Bertz CT molecular complexity index is 855. The maximum absolute atomic E-state index is 6.30. The van der Waals surface area contributed by atoms with E-state index in [0.29, 0.717) is 10.0 Å². The van der Waals surface area contributed by atoms with Crippen LogP contribution in [0.5, 0.6) is 0 Å². The summed E-state index contributed by atoms with van der Waals surface area (Å²) in [7, 11) is 0. The normalized spacial score (nSPS) is 18.4. The van der Waals surface area contributed by atoms with Gasteiger partial charge in [0.1, 0.15) is 0 Å². The van der Waals surface area contributed by atoms with Gasteiger partial charge in [-0.1, -0.05) is 29.6 Å². The van der Waals surface area contributed by atoms with Gasteiger partial charge in [-0.25, -0.2) is 0 Å². The van der Waals surface area contributed by atoms with Crippen molar-refractivity contribution < 1.29 is 0 Å². The number of aromatic nitrogens is 4. The van der Waals surface area contributed by atoms with Crippen LogP contribution >= 0.6 is 23.2 Å². The third kappa shape index (κ3) is 2.80. The van der Waals surface area contributed by atoms with Crippen molar-refractivity contribution >= 4 is 28.8 Å². The number of fused-ring (bicyclic) bond motifs is 1. The van der Waals surface area contributed by atoms with E-state index in [0.717, 1.165) is 35.7 Å².